The maximum atomic E-state index is 13.2. The Morgan fingerprint density at radius 3 is 2.92 bits per heavy atom. The van der Waals surface area contributed by atoms with Gasteiger partial charge in [0.2, 0.25) is 0 Å². The topological polar surface area (TPSA) is 65.6 Å². The first-order valence-corrected chi connectivity index (χ1v) is 8.36. The van der Waals surface area contributed by atoms with E-state index in [0.717, 1.165) is 22.2 Å². The van der Waals surface area contributed by atoms with Crippen LogP contribution in [0.3, 0.4) is 0 Å². The summed E-state index contributed by atoms with van der Waals surface area (Å²) in [6.45, 7) is 0.331. The molecule has 0 aliphatic carbocycles. The molecule has 2 aromatic carbocycles. The molecule has 4 rings (SSSR count). The number of aromatic amines is 1. The summed E-state index contributed by atoms with van der Waals surface area (Å²) in [5.74, 6) is 0.676. The molecule has 1 aliphatic heterocycles. The number of hydrogen-bond acceptors (Lipinski definition) is 3. The van der Waals surface area contributed by atoms with Gasteiger partial charge in [-0.2, -0.15) is 0 Å². The van der Waals surface area contributed by atoms with Crippen molar-refractivity contribution >= 4 is 16.8 Å². The first-order valence-electron chi connectivity index (χ1n) is 8.36. The van der Waals surface area contributed by atoms with E-state index in [2.05, 4.69) is 4.98 Å². The van der Waals surface area contributed by atoms with Crippen molar-refractivity contribution in [1.29, 1.82) is 0 Å². The van der Waals surface area contributed by atoms with Gasteiger partial charge >= 0.3 is 0 Å². The Kier molecular flexibility index (Phi) is 3.93. The predicted octanol–water partition coefficient (Wildman–Crippen LogP) is 3.12. The number of amides is 1. The van der Waals surface area contributed by atoms with Gasteiger partial charge in [-0.1, -0.05) is 24.3 Å². The highest BCUT2D eigenvalue weighted by Gasteiger charge is 2.36. The van der Waals surface area contributed by atoms with Gasteiger partial charge in [0.25, 0.3) is 5.91 Å². The van der Waals surface area contributed by atoms with Gasteiger partial charge < -0.3 is 19.7 Å². The van der Waals surface area contributed by atoms with Crippen LogP contribution in [0.2, 0.25) is 0 Å². The fourth-order valence-electron chi connectivity index (χ4n) is 3.62. The number of fused-ring (bicyclic) bond motifs is 1. The molecule has 2 heterocycles. The summed E-state index contributed by atoms with van der Waals surface area (Å²) in [5.41, 5.74) is 2.44. The third-order valence-corrected chi connectivity index (χ3v) is 4.84. The Balaban J connectivity index is 1.72. The predicted molar refractivity (Wildman–Crippen MR) is 95.7 cm³/mol. The van der Waals surface area contributed by atoms with Crippen LogP contribution >= 0.6 is 0 Å². The van der Waals surface area contributed by atoms with Crippen molar-refractivity contribution in [3.05, 3.63) is 65.9 Å². The largest absolute Gasteiger partial charge is 0.497 e. The number of β-amino-alcohol motifs (C(OH)–C–C–N with tert-alkyl or cyclic N) is 1. The molecule has 2 N–H and O–H groups in total. The summed E-state index contributed by atoms with van der Waals surface area (Å²) in [6.07, 6.45) is 1.84. The molecule has 5 nitrogen and oxygen atoms in total. The first kappa shape index (κ1) is 15.7. The van der Waals surface area contributed by atoms with E-state index in [1.165, 1.54) is 0 Å². The molecule has 5 heteroatoms. The Morgan fingerprint density at radius 2 is 2.08 bits per heavy atom. The zero-order chi connectivity index (χ0) is 17.4. The zero-order valence-electron chi connectivity index (χ0n) is 14.0. The minimum absolute atomic E-state index is 0.0718. The second-order valence-electron chi connectivity index (χ2n) is 6.39. The maximum absolute atomic E-state index is 13.2. The van der Waals surface area contributed by atoms with Gasteiger partial charge in [-0.25, -0.2) is 0 Å². The minimum atomic E-state index is -0.525. The number of nitrogens with one attached hydrogen (secondary N) is 1. The van der Waals surface area contributed by atoms with Crippen molar-refractivity contribution in [3.8, 4) is 5.75 Å². The second-order valence-corrected chi connectivity index (χ2v) is 6.39. The molecular weight excluding hydrogens is 316 g/mol. The minimum Gasteiger partial charge on any atom is -0.497 e. The molecule has 0 saturated carbocycles. The number of nitrogens with zero attached hydrogens (tertiary/aromatic N) is 1. The summed E-state index contributed by atoms with van der Waals surface area (Å²) in [4.78, 5) is 18.1. The third kappa shape index (κ3) is 2.76. The van der Waals surface area contributed by atoms with Crippen molar-refractivity contribution in [3.63, 3.8) is 0 Å². The number of H-pyrrole nitrogens is 1. The van der Waals surface area contributed by atoms with Crippen molar-refractivity contribution < 1.29 is 14.6 Å². The smallest absolute Gasteiger partial charge is 0.256 e. The van der Waals surface area contributed by atoms with E-state index in [0.29, 0.717) is 18.5 Å². The molecule has 1 aromatic heterocycles. The summed E-state index contributed by atoms with van der Waals surface area (Å²) < 4.78 is 5.30. The Bertz CT molecular complexity index is 918. The van der Waals surface area contributed by atoms with Gasteiger partial charge in [-0.15, -0.1) is 0 Å². The van der Waals surface area contributed by atoms with E-state index in [4.69, 9.17) is 4.74 Å². The van der Waals surface area contributed by atoms with Gasteiger partial charge in [0.05, 0.1) is 30.3 Å². The summed E-state index contributed by atoms with van der Waals surface area (Å²) in [6, 6.07) is 15.2. The number of hydrogen-bond donors (Lipinski definition) is 2. The number of rotatable bonds is 3. The molecule has 1 saturated heterocycles. The van der Waals surface area contributed by atoms with Gasteiger partial charge in [0, 0.05) is 18.1 Å². The van der Waals surface area contributed by atoms with Crippen LogP contribution in [0.25, 0.3) is 10.9 Å². The molecular formula is C20H20N2O3. The quantitative estimate of drug-likeness (QED) is 0.772. The molecule has 0 bridgehead atoms. The first-order chi connectivity index (χ1) is 12.2. The van der Waals surface area contributed by atoms with Crippen LogP contribution in [-0.2, 0) is 0 Å². The van der Waals surface area contributed by atoms with Crippen molar-refractivity contribution in [2.24, 2.45) is 0 Å². The molecule has 25 heavy (non-hydrogen) atoms. The molecule has 3 aromatic rings. The number of aromatic nitrogens is 1. The Labute approximate surface area is 145 Å². The van der Waals surface area contributed by atoms with Crippen LogP contribution in [0.15, 0.2) is 54.7 Å². The molecule has 1 amide bonds. The standard InChI is InChI=1S/C20H20N2O3/c1-25-16-6-2-5-14(10-16)18-11-15(23)12-22(18)20(24)17-7-3-4-13-8-9-21-19(13)17/h2-10,15,18,21,23H,11-12H2,1H3/t15-,18+/m1/s1. The van der Waals surface area contributed by atoms with E-state index in [-0.39, 0.29) is 11.9 Å². The van der Waals surface area contributed by atoms with Crippen LogP contribution in [0, 0.1) is 0 Å². The fourth-order valence-corrected chi connectivity index (χ4v) is 3.62. The average Bonchev–Trinajstić information content (AvgIpc) is 3.27. The molecule has 2 atom stereocenters. The van der Waals surface area contributed by atoms with E-state index in [1.807, 2.05) is 54.7 Å². The van der Waals surface area contributed by atoms with E-state index in [9.17, 15) is 9.90 Å². The number of methoxy groups -OCH3 is 1. The number of likely N-dealkylation sites (tertiary alicyclic amines) is 1. The van der Waals surface area contributed by atoms with E-state index >= 15 is 0 Å². The molecule has 0 radical (unpaired) electrons. The summed E-state index contributed by atoms with van der Waals surface area (Å²) >= 11 is 0. The fraction of sp³-hybridized carbons (Fsp3) is 0.250. The average molecular weight is 336 g/mol. The number of carbonyl (C=O) groups excluding carboxylic acids is 1. The lowest BCUT2D eigenvalue weighted by Crippen LogP contribution is -2.32. The Morgan fingerprint density at radius 1 is 1.24 bits per heavy atom. The highest BCUT2D eigenvalue weighted by molar-refractivity contribution is 6.06. The lowest BCUT2D eigenvalue weighted by molar-refractivity contribution is 0.0717. The van der Waals surface area contributed by atoms with Gasteiger partial charge in [-0.3, -0.25) is 4.79 Å². The second kappa shape index (κ2) is 6.26. The zero-order valence-corrected chi connectivity index (χ0v) is 14.0. The SMILES string of the molecule is COc1cccc([C@@H]2C[C@@H](O)CN2C(=O)c2cccc3cc[nH]c23)c1. The Hall–Kier alpha value is -2.79. The van der Waals surface area contributed by atoms with Crippen LogP contribution in [0.5, 0.6) is 5.75 Å². The summed E-state index contributed by atoms with van der Waals surface area (Å²) in [7, 11) is 1.62. The van der Waals surface area contributed by atoms with Crippen LogP contribution in [0.4, 0.5) is 0 Å². The number of benzene rings is 2. The molecule has 128 valence electrons. The number of carbonyl (C=O) groups is 1. The maximum Gasteiger partial charge on any atom is 0.256 e. The number of para-hydroxylation sites is 1. The highest BCUT2D eigenvalue weighted by atomic mass is 16.5. The molecule has 1 fully saturated rings. The summed E-state index contributed by atoms with van der Waals surface area (Å²) in [5, 5.41) is 11.2. The van der Waals surface area contributed by atoms with Gasteiger partial charge in [0.15, 0.2) is 0 Å². The van der Waals surface area contributed by atoms with Crippen molar-refractivity contribution in [2.45, 2.75) is 18.6 Å². The van der Waals surface area contributed by atoms with Crippen molar-refractivity contribution in [2.75, 3.05) is 13.7 Å². The normalized spacial score (nSPS) is 20.2. The number of aliphatic hydroxyl groups is 1. The molecule has 1 aliphatic rings. The van der Waals surface area contributed by atoms with Gasteiger partial charge in [0.1, 0.15) is 5.75 Å². The number of ether oxygens (including phenoxy) is 1. The monoisotopic (exact) mass is 336 g/mol. The van der Waals surface area contributed by atoms with Crippen molar-refractivity contribution in [1.82, 2.24) is 9.88 Å². The highest BCUT2D eigenvalue weighted by Crippen LogP contribution is 2.35. The van der Waals surface area contributed by atoms with E-state index in [1.54, 1.807) is 12.0 Å². The van der Waals surface area contributed by atoms with E-state index < -0.39 is 6.10 Å². The molecule has 0 spiro atoms. The van der Waals surface area contributed by atoms with Crippen LogP contribution in [0.1, 0.15) is 28.4 Å². The molecule has 0 unspecified atom stereocenters. The number of aliphatic hydroxyl groups excluding tert-OH is 1. The van der Waals surface area contributed by atoms with Gasteiger partial charge in [-0.05, 0) is 36.2 Å². The third-order valence-electron chi connectivity index (χ3n) is 4.84. The lowest BCUT2D eigenvalue weighted by atomic mass is 10.0. The lowest BCUT2D eigenvalue weighted by Gasteiger charge is -2.25. The van der Waals surface area contributed by atoms with Crippen LogP contribution in [-0.4, -0.2) is 40.7 Å². The van der Waals surface area contributed by atoms with Crippen LogP contribution < -0.4 is 4.74 Å².